The van der Waals surface area contributed by atoms with Crippen LogP contribution < -0.4 is 5.32 Å². The van der Waals surface area contributed by atoms with Gasteiger partial charge in [-0.25, -0.2) is 9.18 Å². The third kappa shape index (κ3) is 4.55. The second-order valence-corrected chi connectivity index (χ2v) is 5.60. The Morgan fingerprint density at radius 2 is 1.89 bits per heavy atom. The number of hydrogen-bond donors (Lipinski definition) is 1. The van der Waals surface area contributed by atoms with E-state index in [1.54, 1.807) is 36.4 Å². The molecule has 0 bridgehead atoms. The fraction of sp³-hybridized carbons (Fsp3) is 0.158. The minimum absolute atomic E-state index is 0.0839. The van der Waals surface area contributed by atoms with E-state index in [1.165, 1.54) is 19.2 Å². The van der Waals surface area contributed by atoms with Gasteiger partial charge < -0.3 is 14.6 Å². The Morgan fingerprint density at radius 1 is 1.15 bits per heavy atom. The average molecular weight is 369 g/mol. The number of esters is 1. The summed E-state index contributed by atoms with van der Waals surface area (Å²) in [5, 5.41) is 6.49. The molecule has 0 saturated heterocycles. The SMILES string of the molecule is COC(=O)c1ccccc1NC(=O)CCc1nc(-c2ccc(F)cc2)no1. The minimum atomic E-state index is -0.535. The lowest BCUT2D eigenvalue weighted by atomic mass is 10.1. The first-order valence-electron chi connectivity index (χ1n) is 8.12. The molecule has 2 aromatic carbocycles. The van der Waals surface area contributed by atoms with Crippen molar-refractivity contribution in [3.8, 4) is 11.4 Å². The van der Waals surface area contributed by atoms with Crippen LogP contribution in [0.5, 0.6) is 0 Å². The summed E-state index contributed by atoms with van der Waals surface area (Å²) in [6.07, 6.45) is 0.307. The zero-order valence-corrected chi connectivity index (χ0v) is 14.4. The molecule has 0 unspecified atom stereocenters. The maximum atomic E-state index is 13.0. The van der Waals surface area contributed by atoms with Gasteiger partial charge in [0.15, 0.2) is 0 Å². The van der Waals surface area contributed by atoms with Crippen molar-refractivity contribution in [3.05, 3.63) is 65.8 Å². The largest absolute Gasteiger partial charge is 0.465 e. The monoisotopic (exact) mass is 369 g/mol. The Labute approximate surface area is 154 Å². The highest BCUT2D eigenvalue weighted by atomic mass is 19.1. The highest BCUT2D eigenvalue weighted by molar-refractivity contribution is 6.01. The van der Waals surface area contributed by atoms with Gasteiger partial charge in [-0.1, -0.05) is 17.3 Å². The van der Waals surface area contributed by atoms with Crippen LogP contribution in [0.15, 0.2) is 53.1 Å². The number of benzene rings is 2. The second-order valence-electron chi connectivity index (χ2n) is 5.60. The van der Waals surface area contributed by atoms with E-state index < -0.39 is 5.97 Å². The van der Waals surface area contributed by atoms with Crippen molar-refractivity contribution in [1.82, 2.24) is 10.1 Å². The van der Waals surface area contributed by atoms with Gasteiger partial charge in [-0.15, -0.1) is 0 Å². The Hall–Kier alpha value is -3.55. The zero-order chi connectivity index (χ0) is 19.2. The molecule has 1 N–H and O–H groups in total. The van der Waals surface area contributed by atoms with E-state index in [-0.39, 0.29) is 36.0 Å². The van der Waals surface area contributed by atoms with Crippen molar-refractivity contribution in [2.45, 2.75) is 12.8 Å². The number of halogens is 1. The summed E-state index contributed by atoms with van der Waals surface area (Å²) in [6.45, 7) is 0. The van der Waals surface area contributed by atoms with Gasteiger partial charge in [0.2, 0.25) is 17.6 Å². The first-order valence-corrected chi connectivity index (χ1v) is 8.12. The molecule has 1 aromatic heterocycles. The highest BCUT2D eigenvalue weighted by Crippen LogP contribution is 2.18. The molecule has 0 aliphatic carbocycles. The summed E-state index contributed by atoms with van der Waals surface area (Å²) < 4.78 is 22.8. The number of methoxy groups -OCH3 is 1. The number of carbonyl (C=O) groups is 2. The van der Waals surface area contributed by atoms with Gasteiger partial charge in [-0.05, 0) is 36.4 Å². The molecule has 0 spiro atoms. The predicted octanol–water partition coefficient (Wildman–Crippen LogP) is 3.23. The molecule has 0 atom stereocenters. The fourth-order valence-electron chi connectivity index (χ4n) is 2.39. The van der Waals surface area contributed by atoms with Crippen LogP contribution in [-0.4, -0.2) is 29.1 Å². The van der Waals surface area contributed by atoms with E-state index in [2.05, 4.69) is 15.5 Å². The molecule has 8 heteroatoms. The van der Waals surface area contributed by atoms with E-state index in [1.807, 2.05) is 0 Å². The number of hydrogen-bond acceptors (Lipinski definition) is 6. The number of rotatable bonds is 6. The molecule has 1 heterocycles. The molecule has 0 radical (unpaired) electrons. The molecule has 3 aromatic rings. The van der Waals surface area contributed by atoms with Crippen molar-refractivity contribution in [3.63, 3.8) is 0 Å². The van der Waals surface area contributed by atoms with Crippen molar-refractivity contribution in [1.29, 1.82) is 0 Å². The lowest BCUT2D eigenvalue weighted by molar-refractivity contribution is -0.116. The molecule has 1 amide bonds. The van der Waals surface area contributed by atoms with Gasteiger partial charge in [-0.3, -0.25) is 4.79 Å². The van der Waals surface area contributed by atoms with Crippen LogP contribution in [0.4, 0.5) is 10.1 Å². The number of para-hydroxylation sites is 1. The van der Waals surface area contributed by atoms with Crippen molar-refractivity contribution in [2.75, 3.05) is 12.4 Å². The normalized spacial score (nSPS) is 10.4. The summed E-state index contributed by atoms with van der Waals surface area (Å²) >= 11 is 0. The number of amides is 1. The van der Waals surface area contributed by atoms with Crippen LogP contribution in [0.2, 0.25) is 0 Å². The number of nitrogens with one attached hydrogen (secondary N) is 1. The van der Waals surface area contributed by atoms with Gasteiger partial charge in [0.25, 0.3) is 0 Å². The second kappa shape index (κ2) is 8.22. The number of anilines is 1. The van der Waals surface area contributed by atoms with E-state index >= 15 is 0 Å². The van der Waals surface area contributed by atoms with Gasteiger partial charge in [0, 0.05) is 18.4 Å². The summed E-state index contributed by atoms with van der Waals surface area (Å²) in [5.74, 6) is -0.599. The molecule has 7 nitrogen and oxygen atoms in total. The Kier molecular flexibility index (Phi) is 5.55. The lowest BCUT2D eigenvalue weighted by Gasteiger charge is -2.08. The van der Waals surface area contributed by atoms with Crippen molar-refractivity contribution < 1.29 is 23.2 Å². The van der Waals surface area contributed by atoms with E-state index in [9.17, 15) is 14.0 Å². The van der Waals surface area contributed by atoms with Crippen LogP contribution in [0.1, 0.15) is 22.7 Å². The summed E-state index contributed by atoms with van der Waals surface area (Å²) in [5.41, 5.74) is 1.25. The average Bonchev–Trinajstić information content (AvgIpc) is 3.16. The summed E-state index contributed by atoms with van der Waals surface area (Å²) in [4.78, 5) is 28.1. The molecular formula is C19H16FN3O4. The quantitative estimate of drug-likeness (QED) is 0.671. The van der Waals surface area contributed by atoms with Crippen molar-refractivity contribution in [2.24, 2.45) is 0 Å². The maximum Gasteiger partial charge on any atom is 0.339 e. The lowest BCUT2D eigenvalue weighted by Crippen LogP contribution is -2.15. The Balaban J connectivity index is 1.60. The maximum absolute atomic E-state index is 13.0. The zero-order valence-electron chi connectivity index (χ0n) is 14.4. The summed E-state index contributed by atoms with van der Waals surface area (Å²) in [6, 6.07) is 12.3. The Bertz CT molecular complexity index is 954. The molecule has 0 fully saturated rings. The van der Waals surface area contributed by atoms with Crippen LogP contribution in [0.25, 0.3) is 11.4 Å². The third-order valence-electron chi connectivity index (χ3n) is 3.74. The first kappa shape index (κ1) is 18.2. The fourth-order valence-corrected chi connectivity index (χ4v) is 2.39. The molecule has 0 saturated carbocycles. The smallest absolute Gasteiger partial charge is 0.339 e. The van der Waals surface area contributed by atoms with Gasteiger partial charge in [0.1, 0.15) is 5.82 Å². The molecule has 0 aliphatic heterocycles. The van der Waals surface area contributed by atoms with Crippen LogP contribution >= 0.6 is 0 Å². The topological polar surface area (TPSA) is 94.3 Å². The number of aromatic nitrogens is 2. The van der Waals surface area contributed by atoms with E-state index in [0.29, 0.717) is 17.1 Å². The highest BCUT2D eigenvalue weighted by Gasteiger charge is 2.15. The minimum Gasteiger partial charge on any atom is -0.465 e. The van der Waals surface area contributed by atoms with Crippen LogP contribution in [-0.2, 0) is 16.0 Å². The molecule has 27 heavy (non-hydrogen) atoms. The summed E-state index contributed by atoms with van der Waals surface area (Å²) in [7, 11) is 1.27. The number of carbonyl (C=O) groups excluding carboxylic acids is 2. The van der Waals surface area contributed by atoms with Gasteiger partial charge >= 0.3 is 5.97 Å². The Morgan fingerprint density at radius 3 is 2.63 bits per heavy atom. The number of nitrogens with zero attached hydrogens (tertiary/aromatic N) is 2. The van der Waals surface area contributed by atoms with Gasteiger partial charge in [0.05, 0.1) is 18.4 Å². The number of aryl methyl sites for hydroxylation is 1. The van der Waals surface area contributed by atoms with E-state index in [4.69, 9.17) is 9.26 Å². The predicted molar refractivity (Wildman–Crippen MR) is 94.4 cm³/mol. The third-order valence-corrected chi connectivity index (χ3v) is 3.74. The van der Waals surface area contributed by atoms with Crippen LogP contribution in [0.3, 0.4) is 0 Å². The van der Waals surface area contributed by atoms with Crippen LogP contribution in [0, 0.1) is 5.82 Å². The molecule has 3 rings (SSSR count). The van der Waals surface area contributed by atoms with Gasteiger partial charge in [-0.2, -0.15) is 4.98 Å². The van der Waals surface area contributed by atoms with E-state index in [0.717, 1.165) is 0 Å². The molecule has 0 aliphatic rings. The number of ether oxygens (including phenoxy) is 1. The molecule has 138 valence electrons. The standard InChI is InChI=1S/C19H16FN3O4/c1-26-19(25)14-4-2-3-5-15(14)21-16(24)10-11-17-22-18(23-27-17)12-6-8-13(20)9-7-12/h2-9H,10-11H2,1H3,(H,21,24). The first-order chi connectivity index (χ1) is 13.1. The van der Waals surface area contributed by atoms with Crippen molar-refractivity contribution >= 4 is 17.6 Å². The molecular weight excluding hydrogens is 353 g/mol.